The third-order valence-electron chi connectivity index (χ3n) is 13.5. The van der Waals surface area contributed by atoms with Gasteiger partial charge in [-0.2, -0.15) is 0 Å². The van der Waals surface area contributed by atoms with Crippen LogP contribution < -0.4 is 0 Å². The summed E-state index contributed by atoms with van der Waals surface area (Å²) in [5, 5.41) is 2.67. The van der Waals surface area contributed by atoms with Crippen LogP contribution in [0.5, 0.6) is 0 Å². The summed E-state index contributed by atoms with van der Waals surface area (Å²) < 4.78 is 2.58. The van der Waals surface area contributed by atoms with Gasteiger partial charge in [-0.3, -0.25) is 0 Å². The lowest BCUT2D eigenvalue weighted by molar-refractivity contribution is 0.125. The topological polar surface area (TPSA) is 4.93 Å². The molecule has 0 fully saturated rings. The lowest BCUT2D eigenvalue weighted by Crippen LogP contribution is -2.42. The molecule has 49 heavy (non-hydrogen) atoms. The predicted octanol–water partition coefficient (Wildman–Crippen LogP) is 13.0. The van der Waals surface area contributed by atoms with Gasteiger partial charge >= 0.3 is 0 Å². The van der Waals surface area contributed by atoms with Crippen LogP contribution in [0.4, 0.5) is 0 Å². The van der Waals surface area contributed by atoms with Gasteiger partial charge in [0, 0.05) is 21.9 Å². The van der Waals surface area contributed by atoms with Crippen molar-refractivity contribution in [3.8, 4) is 39.1 Å². The van der Waals surface area contributed by atoms with Crippen LogP contribution in [0.3, 0.4) is 0 Å². The van der Waals surface area contributed by atoms with Gasteiger partial charge in [0.25, 0.3) is 0 Å². The second-order valence-corrected chi connectivity index (χ2v) is 16.7. The van der Waals surface area contributed by atoms with Crippen molar-refractivity contribution in [3.63, 3.8) is 0 Å². The number of hydrogen-bond donors (Lipinski definition) is 0. The summed E-state index contributed by atoms with van der Waals surface area (Å²) in [6.45, 7) is 19.5. The Labute approximate surface area is 291 Å². The van der Waals surface area contributed by atoms with Crippen molar-refractivity contribution in [2.75, 3.05) is 0 Å². The van der Waals surface area contributed by atoms with Gasteiger partial charge in [0.1, 0.15) is 0 Å². The Hall–Kier alpha value is -4.88. The molecule has 0 aliphatic heterocycles. The van der Waals surface area contributed by atoms with Gasteiger partial charge in [0.05, 0.1) is 11.0 Å². The summed E-state index contributed by atoms with van der Waals surface area (Å²) in [4.78, 5) is 0. The molecule has 0 N–H and O–H groups in total. The van der Waals surface area contributed by atoms with Gasteiger partial charge in [0.2, 0.25) is 0 Å². The van der Waals surface area contributed by atoms with Crippen LogP contribution in [-0.2, 0) is 16.2 Å². The number of fused-ring (bicyclic) bond motifs is 7. The van der Waals surface area contributed by atoms with E-state index in [0.29, 0.717) is 0 Å². The molecule has 0 bridgehead atoms. The molecule has 0 amide bonds. The number of hydrogen-bond acceptors (Lipinski definition) is 0. The highest BCUT2D eigenvalue weighted by Crippen LogP contribution is 2.62. The van der Waals surface area contributed by atoms with E-state index < -0.39 is 0 Å². The molecular formula is C48H45N. The first kappa shape index (κ1) is 30.2. The van der Waals surface area contributed by atoms with E-state index in [4.69, 9.17) is 0 Å². The fourth-order valence-electron chi connectivity index (χ4n) is 9.36. The van der Waals surface area contributed by atoms with Crippen LogP contribution >= 0.6 is 0 Å². The molecule has 0 atom stereocenters. The Bertz CT molecular complexity index is 2410. The van der Waals surface area contributed by atoms with Crippen molar-refractivity contribution in [3.05, 3.63) is 150 Å². The summed E-state index contributed by atoms with van der Waals surface area (Å²) in [5.74, 6) is 0. The maximum Gasteiger partial charge on any atom is 0.0544 e. The van der Waals surface area contributed by atoms with E-state index in [-0.39, 0.29) is 21.7 Å². The molecule has 242 valence electrons. The van der Waals surface area contributed by atoms with Gasteiger partial charge in [-0.15, -0.1) is 0 Å². The molecule has 9 rings (SSSR count). The summed E-state index contributed by atoms with van der Waals surface area (Å²) in [6, 6.07) is 48.0. The Morgan fingerprint density at radius 3 is 1.47 bits per heavy atom. The summed E-state index contributed by atoms with van der Waals surface area (Å²) in [7, 11) is 0. The Morgan fingerprint density at radius 2 is 0.878 bits per heavy atom. The first-order valence-electron chi connectivity index (χ1n) is 17.9. The minimum atomic E-state index is -0.0851. The average molecular weight is 636 g/mol. The molecule has 0 saturated heterocycles. The number of nitrogens with zero attached hydrogens (tertiary/aromatic N) is 1. The van der Waals surface area contributed by atoms with Gasteiger partial charge in [-0.1, -0.05) is 140 Å². The highest BCUT2D eigenvalue weighted by molar-refractivity contribution is 6.12. The normalized spacial score (nSPS) is 17.6. The highest BCUT2D eigenvalue weighted by atomic mass is 15.0. The van der Waals surface area contributed by atoms with Gasteiger partial charge in [-0.05, 0) is 114 Å². The van der Waals surface area contributed by atoms with Gasteiger partial charge in [-0.25, -0.2) is 0 Å². The van der Waals surface area contributed by atoms with Crippen molar-refractivity contribution in [1.82, 2.24) is 4.57 Å². The van der Waals surface area contributed by atoms with Gasteiger partial charge < -0.3 is 4.57 Å². The maximum atomic E-state index is 2.58. The largest absolute Gasteiger partial charge is 0.309 e. The van der Waals surface area contributed by atoms with Crippen molar-refractivity contribution >= 4 is 21.8 Å². The quantitative estimate of drug-likeness (QED) is 0.182. The van der Waals surface area contributed by atoms with Crippen LogP contribution in [0.2, 0.25) is 0 Å². The van der Waals surface area contributed by atoms with E-state index in [9.17, 15) is 0 Å². The van der Waals surface area contributed by atoms with E-state index in [0.717, 1.165) is 0 Å². The van der Waals surface area contributed by atoms with Crippen LogP contribution in [-0.4, -0.2) is 4.57 Å². The second kappa shape index (κ2) is 9.85. The molecular weight excluding hydrogens is 591 g/mol. The molecule has 0 radical (unpaired) electrons. The molecule has 2 aliphatic carbocycles. The Morgan fingerprint density at radius 1 is 0.388 bits per heavy atom. The van der Waals surface area contributed by atoms with Crippen molar-refractivity contribution in [2.24, 2.45) is 5.41 Å². The zero-order valence-corrected chi connectivity index (χ0v) is 30.1. The zero-order chi connectivity index (χ0) is 34.1. The Kier molecular flexibility index (Phi) is 6.07. The summed E-state index contributed by atoms with van der Waals surface area (Å²) >= 11 is 0. The molecule has 0 unspecified atom stereocenters. The third kappa shape index (κ3) is 3.93. The summed E-state index contributed by atoms with van der Waals surface area (Å²) in [6.07, 6.45) is 0. The predicted molar refractivity (Wildman–Crippen MR) is 209 cm³/mol. The molecule has 0 spiro atoms. The molecule has 1 heteroatoms. The van der Waals surface area contributed by atoms with Crippen LogP contribution in [0.1, 0.15) is 77.6 Å². The molecule has 0 saturated carbocycles. The van der Waals surface area contributed by atoms with Crippen LogP contribution in [0.15, 0.2) is 127 Å². The molecule has 1 heterocycles. The van der Waals surface area contributed by atoms with Crippen molar-refractivity contribution in [2.45, 2.75) is 71.6 Å². The Balaban J connectivity index is 1.43. The highest BCUT2D eigenvalue weighted by Gasteiger charge is 2.57. The average Bonchev–Trinajstić information content (AvgIpc) is 3.58. The van der Waals surface area contributed by atoms with E-state index >= 15 is 0 Å². The van der Waals surface area contributed by atoms with Crippen molar-refractivity contribution < 1.29 is 0 Å². The third-order valence-corrected chi connectivity index (χ3v) is 13.5. The fraction of sp³-hybridized carbons (Fsp3) is 0.250. The molecule has 2 aliphatic rings. The van der Waals surface area contributed by atoms with E-state index in [1.54, 1.807) is 0 Å². The fourth-order valence-corrected chi connectivity index (χ4v) is 9.36. The smallest absolute Gasteiger partial charge is 0.0544 e. The van der Waals surface area contributed by atoms with Crippen LogP contribution in [0.25, 0.3) is 60.9 Å². The number of rotatable bonds is 3. The monoisotopic (exact) mass is 635 g/mol. The summed E-state index contributed by atoms with van der Waals surface area (Å²) in [5.41, 5.74) is 17.2. The number of aromatic nitrogens is 1. The molecule has 6 aromatic carbocycles. The first-order valence-corrected chi connectivity index (χ1v) is 17.9. The molecule has 7 aromatic rings. The first-order chi connectivity index (χ1) is 23.3. The SMILES string of the molecule is CC1(C)c2ccccc2-c2cc3c4cc5c(cc4n(-c4cc(-c6ccccc6)cc(-c6ccccc6)c4)c3cc21)C(C)(C)C(C)(C)C5(C)C. The zero-order valence-electron chi connectivity index (χ0n) is 30.1. The minimum Gasteiger partial charge on any atom is -0.309 e. The second-order valence-electron chi connectivity index (χ2n) is 16.7. The standard InChI is InChI=1S/C48H45N/c1-45(2)39-22-16-15-21-35(39)36-26-37-38-27-41-42(47(5,6)48(7,8)46(41,3)4)29-44(38)49(43(37)28-40(36)45)34-24-32(30-17-11-9-12-18-30)23-33(25-34)31-19-13-10-14-20-31/h9-29H,1-8H3. The maximum absolute atomic E-state index is 2.58. The molecule has 1 nitrogen and oxygen atoms in total. The van der Waals surface area contributed by atoms with E-state index in [2.05, 4.69) is 187 Å². The van der Waals surface area contributed by atoms with Gasteiger partial charge in [0.15, 0.2) is 0 Å². The minimum absolute atomic E-state index is 0.00504. The molecule has 1 aromatic heterocycles. The van der Waals surface area contributed by atoms with Crippen molar-refractivity contribution in [1.29, 1.82) is 0 Å². The number of benzene rings is 6. The van der Waals surface area contributed by atoms with Crippen LogP contribution in [0, 0.1) is 5.41 Å². The lowest BCUT2D eigenvalue weighted by Gasteiger charge is -2.44. The lowest BCUT2D eigenvalue weighted by atomic mass is 9.59. The van der Waals surface area contributed by atoms with E-state index in [1.807, 2.05) is 0 Å². The van der Waals surface area contributed by atoms with E-state index in [1.165, 1.54) is 83.1 Å².